The topological polar surface area (TPSA) is 94.9 Å². The highest BCUT2D eigenvalue weighted by Crippen LogP contribution is 2.45. The van der Waals surface area contributed by atoms with Gasteiger partial charge in [0.2, 0.25) is 0 Å². The lowest BCUT2D eigenvalue weighted by Crippen LogP contribution is -2.06. The van der Waals surface area contributed by atoms with Gasteiger partial charge in [0.05, 0.1) is 30.2 Å². The summed E-state index contributed by atoms with van der Waals surface area (Å²) in [6.07, 6.45) is 0.659. The summed E-state index contributed by atoms with van der Waals surface area (Å²) in [5.74, 6) is 1.20. The van der Waals surface area contributed by atoms with Crippen LogP contribution in [0.5, 0.6) is 5.75 Å². The second-order valence-corrected chi connectivity index (χ2v) is 8.01. The van der Waals surface area contributed by atoms with Crippen molar-refractivity contribution in [1.29, 1.82) is 0 Å². The van der Waals surface area contributed by atoms with Crippen molar-refractivity contribution in [3.05, 3.63) is 41.3 Å². The number of aliphatic hydroxyl groups excluding tert-OH is 1. The lowest BCUT2D eigenvalue weighted by Gasteiger charge is -2.09. The van der Waals surface area contributed by atoms with E-state index in [1.807, 2.05) is 19.9 Å². The number of hydrogen-bond acceptors (Lipinski definition) is 7. The first kappa shape index (κ1) is 19.6. The number of thiophene rings is 1. The standard InChI is InChI=1S/C21H24N4O3S/c1-5-28-9-14-17(19-21(22)23-10-24-25(19)18(14)12(3)26)16-8-13-6-11(2)7-15(27-4)20(13)29-16/h6-8,10,12,26H,5,9H2,1-4H3,(H2,22,23,24). The van der Waals surface area contributed by atoms with Crippen LogP contribution in [0.25, 0.3) is 26.0 Å². The maximum Gasteiger partial charge on any atom is 0.152 e. The quantitative estimate of drug-likeness (QED) is 0.495. The van der Waals surface area contributed by atoms with Crippen LogP contribution in [0.15, 0.2) is 24.5 Å². The minimum atomic E-state index is -0.743. The lowest BCUT2D eigenvalue weighted by atomic mass is 10.1. The number of nitrogens with two attached hydrogens (primary N) is 1. The summed E-state index contributed by atoms with van der Waals surface area (Å²) in [5, 5.41) is 16.0. The minimum Gasteiger partial charge on any atom is -0.495 e. The Morgan fingerprint density at radius 3 is 2.79 bits per heavy atom. The fourth-order valence-corrected chi connectivity index (χ4v) is 4.97. The number of aromatic nitrogens is 3. The molecule has 1 atom stereocenters. The number of benzene rings is 1. The van der Waals surface area contributed by atoms with Gasteiger partial charge in [0, 0.05) is 22.6 Å². The first-order chi connectivity index (χ1) is 14.0. The van der Waals surface area contributed by atoms with Gasteiger partial charge in [0.1, 0.15) is 17.6 Å². The Labute approximate surface area is 172 Å². The van der Waals surface area contributed by atoms with Crippen molar-refractivity contribution >= 4 is 32.8 Å². The molecule has 1 unspecified atom stereocenters. The van der Waals surface area contributed by atoms with E-state index in [-0.39, 0.29) is 0 Å². The molecule has 0 saturated heterocycles. The van der Waals surface area contributed by atoms with Crippen LogP contribution in [0.2, 0.25) is 0 Å². The van der Waals surface area contributed by atoms with Crippen molar-refractivity contribution in [3.8, 4) is 16.2 Å². The fraction of sp³-hybridized carbons (Fsp3) is 0.333. The summed E-state index contributed by atoms with van der Waals surface area (Å²) >= 11 is 1.62. The Morgan fingerprint density at radius 1 is 1.31 bits per heavy atom. The molecule has 3 N–H and O–H groups in total. The summed E-state index contributed by atoms with van der Waals surface area (Å²) in [7, 11) is 1.68. The number of fused-ring (bicyclic) bond motifs is 2. The maximum atomic E-state index is 10.5. The molecule has 0 spiro atoms. The number of nitrogens with zero attached hydrogens (tertiary/aromatic N) is 3. The number of methoxy groups -OCH3 is 1. The predicted octanol–water partition coefficient (Wildman–Crippen LogP) is 4.10. The SMILES string of the molecule is CCOCc1c(-c2cc3cc(C)cc(OC)c3s2)c2c(N)ncnn2c1C(C)O. The highest BCUT2D eigenvalue weighted by molar-refractivity contribution is 7.22. The summed E-state index contributed by atoms with van der Waals surface area (Å²) in [6.45, 7) is 6.62. The van der Waals surface area contributed by atoms with Crippen molar-refractivity contribution < 1.29 is 14.6 Å². The van der Waals surface area contributed by atoms with Gasteiger partial charge in [-0.25, -0.2) is 9.50 Å². The minimum absolute atomic E-state index is 0.347. The Hall–Kier alpha value is -2.68. The first-order valence-electron chi connectivity index (χ1n) is 9.44. The second-order valence-electron chi connectivity index (χ2n) is 6.95. The third-order valence-electron chi connectivity index (χ3n) is 4.93. The summed E-state index contributed by atoms with van der Waals surface area (Å²) in [5.41, 5.74) is 10.5. The molecule has 0 aliphatic heterocycles. The number of anilines is 1. The number of rotatable bonds is 6. The van der Waals surface area contributed by atoms with Crippen LogP contribution in [0, 0.1) is 6.92 Å². The molecule has 0 aliphatic carbocycles. The van der Waals surface area contributed by atoms with Crippen molar-refractivity contribution in [1.82, 2.24) is 14.6 Å². The molecule has 152 valence electrons. The van der Waals surface area contributed by atoms with E-state index in [1.165, 1.54) is 6.33 Å². The van der Waals surface area contributed by atoms with Crippen molar-refractivity contribution in [3.63, 3.8) is 0 Å². The molecule has 0 saturated carbocycles. The van der Waals surface area contributed by atoms with Gasteiger partial charge in [0.15, 0.2) is 5.82 Å². The van der Waals surface area contributed by atoms with Crippen LogP contribution >= 0.6 is 11.3 Å². The molecule has 3 heterocycles. The average Bonchev–Trinajstić information content (AvgIpc) is 3.24. The Bertz CT molecular complexity index is 1200. The van der Waals surface area contributed by atoms with Gasteiger partial charge in [0.25, 0.3) is 0 Å². The van der Waals surface area contributed by atoms with Crippen LogP contribution in [0.4, 0.5) is 5.82 Å². The summed E-state index contributed by atoms with van der Waals surface area (Å²) < 4.78 is 14.1. The number of aryl methyl sites for hydroxylation is 1. The van der Waals surface area contributed by atoms with Gasteiger partial charge in [-0.05, 0) is 43.9 Å². The van der Waals surface area contributed by atoms with Crippen LogP contribution in [-0.4, -0.2) is 33.4 Å². The molecule has 29 heavy (non-hydrogen) atoms. The number of nitrogen functional groups attached to an aromatic ring is 1. The third-order valence-corrected chi connectivity index (χ3v) is 6.12. The van der Waals surface area contributed by atoms with E-state index in [4.69, 9.17) is 15.2 Å². The normalized spacial score (nSPS) is 12.7. The van der Waals surface area contributed by atoms with E-state index >= 15 is 0 Å². The highest BCUT2D eigenvalue weighted by atomic mass is 32.1. The van der Waals surface area contributed by atoms with Crippen LogP contribution in [-0.2, 0) is 11.3 Å². The van der Waals surface area contributed by atoms with Gasteiger partial charge in [-0.3, -0.25) is 0 Å². The van der Waals surface area contributed by atoms with E-state index in [0.717, 1.165) is 37.4 Å². The van der Waals surface area contributed by atoms with Crippen LogP contribution in [0.1, 0.15) is 36.8 Å². The maximum absolute atomic E-state index is 10.5. The molecule has 4 rings (SSSR count). The molecule has 8 heteroatoms. The zero-order chi connectivity index (χ0) is 20.7. The lowest BCUT2D eigenvalue weighted by molar-refractivity contribution is 0.129. The molecule has 0 radical (unpaired) electrons. The van der Waals surface area contributed by atoms with Gasteiger partial charge in [-0.1, -0.05) is 6.07 Å². The van der Waals surface area contributed by atoms with Crippen LogP contribution < -0.4 is 10.5 Å². The second kappa shape index (κ2) is 7.62. The molecule has 7 nitrogen and oxygen atoms in total. The highest BCUT2D eigenvalue weighted by Gasteiger charge is 2.26. The molecular formula is C21H24N4O3S. The van der Waals surface area contributed by atoms with E-state index in [2.05, 4.69) is 22.2 Å². The van der Waals surface area contributed by atoms with E-state index in [9.17, 15) is 5.11 Å². The number of aliphatic hydroxyl groups is 1. The zero-order valence-electron chi connectivity index (χ0n) is 16.9. The predicted molar refractivity (Wildman–Crippen MR) is 115 cm³/mol. The smallest absolute Gasteiger partial charge is 0.152 e. The van der Waals surface area contributed by atoms with Gasteiger partial charge in [-0.2, -0.15) is 5.10 Å². The number of hydrogen-bond donors (Lipinski definition) is 2. The average molecular weight is 413 g/mol. The van der Waals surface area contributed by atoms with E-state index < -0.39 is 6.10 Å². The molecule has 4 aromatic rings. The molecule has 0 bridgehead atoms. The molecule has 0 amide bonds. The molecule has 0 aliphatic rings. The third kappa shape index (κ3) is 3.23. The van der Waals surface area contributed by atoms with Gasteiger partial charge < -0.3 is 20.3 Å². The number of ether oxygens (including phenoxy) is 2. The van der Waals surface area contributed by atoms with Crippen molar-refractivity contribution in [2.75, 3.05) is 19.5 Å². The Balaban J connectivity index is 2.08. The largest absolute Gasteiger partial charge is 0.495 e. The van der Waals surface area contributed by atoms with Crippen molar-refractivity contribution in [2.24, 2.45) is 0 Å². The molecular weight excluding hydrogens is 388 g/mol. The Morgan fingerprint density at radius 2 is 2.10 bits per heavy atom. The zero-order valence-corrected chi connectivity index (χ0v) is 17.7. The molecule has 0 fully saturated rings. The van der Waals surface area contributed by atoms with E-state index in [0.29, 0.717) is 30.2 Å². The summed E-state index contributed by atoms with van der Waals surface area (Å²) in [6, 6.07) is 6.28. The fourth-order valence-electron chi connectivity index (χ4n) is 3.77. The molecule has 3 aromatic heterocycles. The van der Waals surface area contributed by atoms with Crippen LogP contribution in [0.3, 0.4) is 0 Å². The monoisotopic (exact) mass is 412 g/mol. The van der Waals surface area contributed by atoms with E-state index in [1.54, 1.807) is 29.9 Å². The van der Waals surface area contributed by atoms with Gasteiger partial charge in [-0.15, -0.1) is 11.3 Å². The molecule has 1 aromatic carbocycles. The summed E-state index contributed by atoms with van der Waals surface area (Å²) in [4.78, 5) is 5.20. The Kier molecular flexibility index (Phi) is 5.16. The van der Waals surface area contributed by atoms with Crippen molar-refractivity contribution in [2.45, 2.75) is 33.5 Å². The first-order valence-corrected chi connectivity index (χ1v) is 10.3. The van der Waals surface area contributed by atoms with Gasteiger partial charge >= 0.3 is 0 Å².